The minimum atomic E-state index is -3.79. The number of hydrogen-bond acceptors (Lipinski definition) is 7. The Bertz CT molecular complexity index is 857. The van der Waals surface area contributed by atoms with Crippen LogP contribution in [0.25, 0.3) is 0 Å². The number of nitro benzene ring substituents is 1. The van der Waals surface area contributed by atoms with Crippen LogP contribution in [0.3, 0.4) is 0 Å². The minimum Gasteiger partial charge on any atom is -0.487 e. The molecule has 1 heterocycles. The number of ether oxygens (including phenoxy) is 2. The highest BCUT2D eigenvalue weighted by molar-refractivity contribution is 7.88. The molecular weight excluding hydrogens is 402 g/mol. The Kier molecular flexibility index (Phi) is 7.06. The van der Waals surface area contributed by atoms with Crippen LogP contribution < -0.4 is 9.88 Å². The number of carbonyl (C=O) groups is 1. The van der Waals surface area contributed by atoms with Gasteiger partial charge in [0.1, 0.15) is 5.60 Å². The van der Waals surface area contributed by atoms with E-state index in [-0.39, 0.29) is 35.6 Å². The van der Waals surface area contributed by atoms with Crippen LogP contribution in [-0.2, 0) is 20.5 Å². The van der Waals surface area contributed by atoms with Gasteiger partial charge < -0.3 is 14.4 Å². The summed E-state index contributed by atoms with van der Waals surface area (Å²) in [5.41, 5.74) is -0.639. The van der Waals surface area contributed by atoms with Crippen molar-refractivity contribution in [3.05, 3.63) is 33.9 Å². The third-order valence-electron chi connectivity index (χ3n) is 4.33. The number of primary sulfonamides is 1. The number of rotatable bonds is 6. The van der Waals surface area contributed by atoms with E-state index in [2.05, 4.69) is 0 Å². The number of sulfonamides is 1. The van der Waals surface area contributed by atoms with E-state index in [0.29, 0.717) is 25.9 Å². The molecular formula is C18H27N3O7S. The molecule has 0 radical (unpaired) electrons. The van der Waals surface area contributed by atoms with Crippen LogP contribution in [0, 0.1) is 16.0 Å². The molecule has 0 saturated carbocycles. The van der Waals surface area contributed by atoms with Gasteiger partial charge in [0.2, 0.25) is 10.0 Å². The van der Waals surface area contributed by atoms with Crippen molar-refractivity contribution in [2.45, 2.75) is 45.0 Å². The van der Waals surface area contributed by atoms with Crippen molar-refractivity contribution in [3.8, 4) is 5.75 Å². The topological polar surface area (TPSA) is 142 Å². The van der Waals surface area contributed by atoms with Crippen molar-refractivity contribution >= 4 is 21.8 Å². The molecule has 11 heteroatoms. The fourth-order valence-corrected chi connectivity index (χ4v) is 3.61. The van der Waals surface area contributed by atoms with Gasteiger partial charge in [-0.3, -0.25) is 10.1 Å². The second kappa shape index (κ2) is 8.95. The van der Waals surface area contributed by atoms with Gasteiger partial charge in [-0.25, -0.2) is 18.4 Å². The highest BCUT2D eigenvalue weighted by Gasteiger charge is 2.27. The van der Waals surface area contributed by atoms with E-state index in [1.54, 1.807) is 4.90 Å². The Balaban J connectivity index is 1.93. The predicted molar refractivity (Wildman–Crippen MR) is 106 cm³/mol. The van der Waals surface area contributed by atoms with Gasteiger partial charge >= 0.3 is 11.8 Å². The first-order valence-electron chi connectivity index (χ1n) is 9.22. The number of hydrogen-bond donors (Lipinski definition) is 1. The first-order valence-corrected chi connectivity index (χ1v) is 10.9. The second-order valence-electron chi connectivity index (χ2n) is 8.09. The Morgan fingerprint density at radius 1 is 1.31 bits per heavy atom. The fraction of sp³-hybridized carbons (Fsp3) is 0.611. The molecule has 0 aliphatic carbocycles. The summed E-state index contributed by atoms with van der Waals surface area (Å²) in [6.45, 7) is 6.75. The average molecular weight is 429 g/mol. The van der Waals surface area contributed by atoms with E-state index in [0.717, 1.165) is 6.07 Å². The van der Waals surface area contributed by atoms with Crippen LogP contribution in [0.2, 0.25) is 0 Å². The van der Waals surface area contributed by atoms with Crippen LogP contribution in [0.15, 0.2) is 18.2 Å². The van der Waals surface area contributed by atoms with Crippen LogP contribution in [0.4, 0.5) is 10.5 Å². The van der Waals surface area contributed by atoms with Gasteiger partial charge in [-0.2, -0.15) is 0 Å². The van der Waals surface area contributed by atoms with Gasteiger partial charge in [-0.05, 0) is 51.2 Å². The molecule has 29 heavy (non-hydrogen) atoms. The van der Waals surface area contributed by atoms with Crippen LogP contribution in [0.5, 0.6) is 5.75 Å². The Hall–Kier alpha value is -2.40. The number of amides is 1. The lowest BCUT2D eigenvalue weighted by molar-refractivity contribution is -0.386. The summed E-state index contributed by atoms with van der Waals surface area (Å²) in [5, 5.41) is 16.3. The Morgan fingerprint density at radius 3 is 2.45 bits per heavy atom. The third kappa shape index (κ3) is 7.50. The molecule has 1 aliphatic rings. The lowest BCUT2D eigenvalue weighted by Gasteiger charge is -2.33. The number of nitro groups is 1. The normalized spacial score (nSPS) is 15.8. The summed E-state index contributed by atoms with van der Waals surface area (Å²) in [5.74, 6) is -0.280. The molecule has 2 N–H and O–H groups in total. The summed E-state index contributed by atoms with van der Waals surface area (Å²) in [6, 6.07) is 3.98. The number of benzene rings is 1. The maximum atomic E-state index is 12.1. The zero-order chi connectivity index (χ0) is 21.8. The molecule has 1 saturated heterocycles. The number of likely N-dealkylation sites (tertiary alicyclic amines) is 1. The molecule has 0 aromatic heterocycles. The van der Waals surface area contributed by atoms with Crippen LogP contribution in [0.1, 0.15) is 39.2 Å². The number of nitrogens with zero attached hydrogens (tertiary/aromatic N) is 2. The quantitative estimate of drug-likeness (QED) is 0.540. The molecule has 1 amide bonds. The first-order chi connectivity index (χ1) is 13.3. The van der Waals surface area contributed by atoms with Crippen molar-refractivity contribution in [2.75, 3.05) is 19.7 Å². The summed E-state index contributed by atoms with van der Waals surface area (Å²) >= 11 is 0. The van der Waals surface area contributed by atoms with Gasteiger partial charge in [0, 0.05) is 19.2 Å². The maximum absolute atomic E-state index is 12.1. The van der Waals surface area contributed by atoms with E-state index in [1.807, 2.05) is 20.8 Å². The van der Waals surface area contributed by atoms with Gasteiger partial charge in [-0.15, -0.1) is 0 Å². The van der Waals surface area contributed by atoms with Crippen molar-refractivity contribution in [1.29, 1.82) is 0 Å². The first kappa shape index (κ1) is 22.9. The van der Waals surface area contributed by atoms with E-state index in [4.69, 9.17) is 14.6 Å². The molecule has 0 bridgehead atoms. The minimum absolute atomic E-state index is 0.0720. The predicted octanol–water partition coefficient (Wildman–Crippen LogP) is 2.41. The Labute approximate surface area is 170 Å². The molecule has 1 aromatic carbocycles. The molecule has 1 aromatic rings. The summed E-state index contributed by atoms with van der Waals surface area (Å²) in [4.78, 5) is 24.4. The van der Waals surface area contributed by atoms with E-state index in [1.165, 1.54) is 12.1 Å². The fourth-order valence-electron chi connectivity index (χ4n) is 2.97. The lowest BCUT2D eigenvalue weighted by Crippen LogP contribution is -2.42. The van der Waals surface area contributed by atoms with Crippen LogP contribution >= 0.6 is 0 Å². The van der Waals surface area contributed by atoms with Crippen molar-refractivity contribution in [3.63, 3.8) is 0 Å². The summed E-state index contributed by atoms with van der Waals surface area (Å²) < 4.78 is 33.4. The molecule has 162 valence electrons. The summed E-state index contributed by atoms with van der Waals surface area (Å²) in [7, 11) is -3.79. The molecule has 0 unspecified atom stereocenters. The summed E-state index contributed by atoms with van der Waals surface area (Å²) in [6.07, 6.45) is 1.03. The molecule has 10 nitrogen and oxygen atoms in total. The maximum Gasteiger partial charge on any atom is 0.410 e. The number of piperidine rings is 1. The SMILES string of the molecule is CC(C)(C)OC(=O)N1CCC(COc2ccc(CS(N)(=O)=O)cc2[N+](=O)[O-])CC1. The second-order valence-corrected chi connectivity index (χ2v) is 9.70. The Morgan fingerprint density at radius 2 is 1.93 bits per heavy atom. The van der Waals surface area contributed by atoms with Gasteiger partial charge in [-0.1, -0.05) is 6.07 Å². The van der Waals surface area contributed by atoms with Crippen molar-refractivity contribution in [2.24, 2.45) is 11.1 Å². The lowest BCUT2D eigenvalue weighted by atomic mass is 9.98. The molecule has 1 fully saturated rings. The zero-order valence-electron chi connectivity index (χ0n) is 16.8. The molecule has 2 rings (SSSR count). The van der Waals surface area contributed by atoms with Gasteiger partial charge in [0.15, 0.2) is 5.75 Å². The largest absolute Gasteiger partial charge is 0.487 e. The van der Waals surface area contributed by atoms with Crippen LogP contribution in [-0.4, -0.2) is 49.6 Å². The number of carbonyl (C=O) groups excluding carboxylic acids is 1. The highest BCUT2D eigenvalue weighted by atomic mass is 32.2. The van der Waals surface area contributed by atoms with Gasteiger partial charge in [0.25, 0.3) is 0 Å². The average Bonchev–Trinajstić information content (AvgIpc) is 2.58. The number of nitrogens with two attached hydrogens (primary N) is 1. The molecule has 0 spiro atoms. The van der Waals surface area contributed by atoms with E-state index >= 15 is 0 Å². The zero-order valence-corrected chi connectivity index (χ0v) is 17.6. The monoisotopic (exact) mass is 429 g/mol. The van der Waals surface area contributed by atoms with Crippen molar-refractivity contribution in [1.82, 2.24) is 4.90 Å². The van der Waals surface area contributed by atoms with Crippen molar-refractivity contribution < 1.29 is 27.6 Å². The standard InChI is InChI=1S/C18H27N3O7S/c1-18(2,3)28-17(22)20-8-6-13(7-9-20)11-27-16-5-4-14(12-29(19,25)26)10-15(16)21(23)24/h4-5,10,13H,6-9,11-12H2,1-3H3,(H2,19,25,26). The highest BCUT2D eigenvalue weighted by Crippen LogP contribution is 2.30. The van der Waals surface area contributed by atoms with Gasteiger partial charge in [0.05, 0.1) is 17.3 Å². The smallest absolute Gasteiger partial charge is 0.410 e. The third-order valence-corrected chi connectivity index (χ3v) is 5.06. The molecule has 0 atom stereocenters. The van der Waals surface area contributed by atoms with E-state index in [9.17, 15) is 23.3 Å². The van der Waals surface area contributed by atoms with E-state index < -0.39 is 26.3 Å². The molecule has 1 aliphatic heterocycles.